The molecule has 2 aromatic heterocycles. The first-order chi connectivity index (χ1) is 12.6. The second kappa shape index (κ2) is 8.26. The molecular weight excluding hydrogens is 324 g/mol. The molecule has 0 aliphatic rings. The summed E-state index contributed by atoms with van der Waals surface area (Å²) < 4.78 is 7.81. The van der Waals surface area contributed by atoms with Gasteiger partial charge in [-0.2, -0.15) is 0 Å². The number of nitrogens with zero attached hydrogens (tertiary/aromatic N) is 1. The van der Waals surface area contributed by atoms with Gasteiger partial charge in [-0.3, -0.25) is 4.79 Å². The Bertz CT molecular complexity index is 872. The van der Waals surface area contributed by atoms with Crippen LogP contribution in [0.2, 0.25) is 0 Å². The Morgan fingerprint density at radius 3 is 2.58 bits per heavy atom. The molecule has 138 valence electrons. The van der Waals surface area contributed by atoms with Crippen molar-refractivity contribution in [3.8, 4) is 0 Å². The average molecular weight is 352 g/mol. The van der Waals surface area contributed by atoms with Crippen LogP contribution in [-0.4, -0.2) is 17.0 Å². The first-order valence-corrected chi connectivity index (χ1v) is 9.52. The van der Waals surface area contributed by atoms with E-state index < -0.39 is 0 Å². The predicted octanol–water partition coefficient (Wildman–Crippen LogP) is 5.21. The third-order valence-corrected chi connectivity index (χ3v) is 4.72. The molecule has 0 aliphatic heterocycles. The standard InChI is InChI=1S/C22H28N2O2/c1-4-5-6-7-12-23-22(25)20-14-21-19(13-17(3)26-21)24(20)15-18-10-8-16(2)9-11-18/h8-11,13-14H,4-7,12,15H2,1-3H3,(H,23,25). The van der Waals surface area contributed by atoms with Crippen LogP contribution in [0, 0.1) is 13.8 Å². The molecule has 0 aliphatic carbocycles. The maximum atomic E-state index is 12.7. The molecule has 1 N–H and O–H groups in total. The molecule has 1 amide bonds. The lowest BCUT2D eigenvalue weighted by atomic mass is 10.1. The normalized spacial score (nSPS) is 11.2. The number of furan rings is 1. The molecule has 0 spiro atoms. The molecule has 0 saturated carbocycles. The Labute approximate surface area is 155 Å². The highest BCUT2D eigenvalue weighted by Crippen LogP contribution is 2.25. The van der Waals surface area contributed by atoms with Gasteiger partial charge in [-0.25, -0.2) is 0 Å². The maximum absolute atomic E-state index is 12.7. The Morgan fingerprint density at radius 1 is 1.08 bits per heavy atom. The summed E-state index contributed by atoms with van der Waals surface area (Å²) in [6.07, 6.45) is 4.59. The monoisotopic (exact) mass is 352 g/mol. The van der Waals surface area contributed by atoms with Crippen LogP contribution in [0.25, 0.3) is 11.1 Å². The molecule has 3 aromatic rings. The van der Waals surface area contributed by atoms with Crippen LogP contribution in [0.4, 0.5) is 0 Å². The number of unbranched alkanes of at least 4 members (excludes halogenated alkanes) is 3. The van der Waals surface area contributed by atoms with E-state index in [1.807, 2.05) is 19.1 Å². The molecule has 1 aromatic carbocycles. The Hall–Kier alpha value is -2.49. The van der Waals surface area contributed by atoms with Crippen molar-refractivity contribution in [2.24, 2.45) is 0 Å². The van der Waals surface area contributed by atoms with Gasteiger partial charge in [-0.05, 0) is 25.8 Å². The second-order valence-electron chi connectivity index (χ2n) is 7.02. The number of aromatic nitrogens is 1. The summed E-state index contributed by atoms with van der Waals surface area (Å²) in [6, 6.07) is 12.3. The first-order valence-electron chi connectivity index (χ1n) is 9.52. The number of hydrogen-bond donors (Lipinski definition) is 1. The maximum Gasteiger partial charge on any atom is 0.268 e. The van der Waals surface area contributed by atoms with Crippen LogP contribution in [-0.2, 0) is 6.54 Å². The summed E-state index contributed by atoms with van der Waals surface area (Å²) in [4.78, 5) is 12.7. The van der Waals surface area contributed by atoms with Crippen molar-refractivity contribution in [3.63, 3.8) is 0 Å². The summed E-state index contributed by atoms with van der Waals surface area (Å²) in [7, 11) is 0. The minimum atomic E-state index is -0.0299. The molecule has 4 heteroatoms. The minimum absolute atomic E-state index is 0.0299. The van der Waals surface area contributed by atoms with E-state index in [9.17, 15) is 4.79 Å². The molecule has 0 radical (unpaired) electrons. The van der Waals surface area contributed by atoms with Gasteiger partial charge in [-0.1, -0.05) is 56.0 Å². The van der Waals surface area contributed by atoms with E-state index in [4.69, 9.17) is 4.42 Å². The fourth-order valence-corrected chi connectivity index (χ4v) is 3.24. The van der Waals surface area contributed by atoms with Gasteiger partial charge in [0.25, 0.3) is 5.91 Å². The van der Waals surface area contributed by atoms with Crippen molar-refractivity contribution in [3.05, 3.63) is 59.0 Å². The van der Waals surface area contributed by atoms with E-state index in [0.29, 0.717) is 12.2 Å². The number of rotatable bonds is 8. The smallest absolute Gasteiger partial charge is 0.268 e. The third-order valence-electron chi connectivity index (χ3n) is 4.72. The largest absolute Gasteiger partial charge is 0.460 e. The van der Waals surface area contributed by atoms with E-state index in [1.54, 1.807) is 0 Å². The number of carbonyl (C=O) groups is 1. The van der Waals surface area contributed by atoms with Gasteiger partial charge in [0.05, 0.1) is 5.52 Å². The third kappa shape index (κ3) is 4.18. The van der Waals surface area contributed by atoms with Gasteiger partial charge >= 0.3 is 0 Å². The Balaban J connectivity index is 1.81. The molecule has 0 atom stereocenters. The van der Waals surface area contributed by atoms with Gasteiger partial charge in [0.2, 0.25) is 0 Å². The molecule has 4 nitrogen and oxygen atoms in total. The van der Waals surface area contributed by atoms with Crippen LogP contribution in [0.15, 0.2) is 40.8 Å². The van der Waals surface area contributed by atoms with E-state index in [0.717, 1.165) is 36.2 Å². The summed E-state index contributed by atoms with van der Waals surface area (Å²) in [5.74, 6) is 0.830. The second-order valence-corrected chi connectivity index (χ2v) is 7.02. The number of amides is 1. The summed E-state index contributed by atoms with van der Waals surface area (Å²) >= 11 is 0. The molecule has 26 heavy (non-hydrogen) atoms. The lowest BCUT2D eigenvalue weighted by Crippen LogP contribution is -2.27. The van der Waals surface area contributed by atoms with E-state index in [2.05, 4.69) is 48.0 Å². The topological polar surface area (TPSA) is 47.2 Å². The minimum Gasteiger partial charge on any atom is -0.460 e. The lowest BCUT2D eigenvalue weighted by molar-refractivity contribution is 0.0944. The van der Waals surface area contributed by atoms with Crippen molar-refractivity contribution in [1.29, 1.82) is 0 Å². The number of benzene rings is 1. The molecule has 2 heterocycles. The molecule has 0 unspecified atom stereocenters. The number of aryl methyl sites for hydroxylation is 2. The zero-order valence-electron chi connectivity index (χ0n) is 16.0. The Morgan fingerprint density at radius 2 is 1.85 bits per heavy atom. The number of nitrogens with one attached hydrogen (secondary N) is 1. The Kier molecular flexibility index (Phi) is 5.82. The van der Waals surface area contributed by atoms with Crippen LogP contribution in [0.5, 0.6) is 0 Å². The highest BCUT2D eigenvalue weighted by Gasteiger charge is 2.18. The number of carbonyl (C=O) groups excluding carboxylic acids is 1. The van der Waals surface area contributed by atoms with Gasteiger partial charge in [0.1, 0.15) is 11.5 Å². The molecule has 0 bridgehead atoms. The molecule has 0 fully saturated rings. The summed E-state index contributed by atoms with van der Waals surface area (Å²) in [5.41, 5.74) is 4.80. The quantitative estimate of drug-likeness (QED) is 0.566. The molecule has 0 saturated heterocycles. The highest BCUT2D eigenvalue weighted by atomic mass is 16.3. The average Bonchev–Trinajstić information content (AvgIpc) is 3.13. The van der Waals surface area contributed by atoms with Crippen molar-refractivity contribution >= 4 is 17.0 Å². The van der Waals surface area contributed by atoms with E-state index >= 15 is 0 Å². The predicted molar refractivity (Wildman–Crippen MR) is 106 cm³/mol. The van der Waals surface area contributed by atoms with Crippen LogP contribution in [0.1, 0.15) is 60.0 Å². The van der Waals surface area contributed by atoms with Crippen molar-refractivity contribution in [2.45, 2.75) is 53.0 Å². The van der Waals surface area contributed by atoms with Gasteiger partial charge in [-0.15, -0.1) is 0 Å². The van der Waals surface area contributed by atoms with Gasteiger partial charge < -0.3 is 14.3 Å². The summed E-state index contributed by atoms with van der Waals surface area (Å²) in [5, 5.41) is 3.06. The van der Waals surface area contributed by atoms with Crippen molar-refractivity contribution < 1.29 is 9.21 Å². The summed E-state index contributed by atoms with van der Waals surface area (Å²) in [6.45, 7) is 7.57. The van der Waals surface area contributed by atoms with Gasteiger partial charge in [0, 0.05) is 25.2 Å². The van der Waals surface area contributed by atoms with E-state index in [-0.39, 0.29) is 5.91 Å². The van der Waals surface area contributed by atoms with Crippen LogP contribution < -0.4 is 5.32 Å². The van der Waals surface area contributed by atoms with Crippen LogP contribution >= 0.6 is 0 Å². The fourth-order valence-electron chi connectivity index (χ4n) is 3.24. The zero-order chi connectivity index (χ0) is 18.5. The molecular formula is C22H28N2O2. The first kappa shape index (κ1) is 18.3. The molecule has 3 rings (SSSR count). The lowest BCUT2D eigenvalue weighted by Gasteiger charge is -2.11. The SMILES string of the molecule is CCCCCCNC(=O)c1cc2oc(C)cc2n1Cc1ccc(C)cc1. The van der Waals surface area contributed by atoms with E-state index in [1.165, 1.54) is 24.0 Å². The highest BCUT2D eigenvalue weighted by molar-refractivity contribution is 5.97. The van der Waals surface area contributed by atoms with Crippen molar-refractivity contribution in [2.75, 3.05) is 6.54 Å². The number of fused-ring (bicyclic) bond motifs is 1. The zero-order valence-corrected chi connectivity index (χ0v) is 16.0. The fraction of sp³-hybridized carbons (Fsp3) is 0.409. The van der Waals surface area contributed by atoms with Gasteiger partial charge in [0.15, 0.2) is 5.58 Å². The number of hydrogen-bond acceptors (Lipinski definition) is 2. The van der Waals surface area contributed by atoms with Crippen LogP contribution in [0.3, 0.4) is 0 Å². The van der Waals surface area contributed by atoms with Crippen molar-refractivity contribution in [1.82, 2.24) is 9.88 Å².